The van der Waals surface area contributed by atoms with Gasteiger partial charge in [-0.1, -0.05) is 80.3 Å². The summed E-state index contributed by atoms with van der Waals surface area (Å²) in [5, 5.41) is 11.3. The zero-order chi connectivity index (χ0) is 32.6. The highest BCUT2D eigenvalue weighted by Gasteiger charge is 2.29. The monoisotopic (exact) mass is 630 g/mol. The van der Waals surface area contributed by atoms with Crippen LogP contribution in [0, 0.1) is 6.92 Å². The number of carboxylic acid groups (broad SMARTS) is 1. The van der Waals surface area contributed by atoms with E-state index in [1.54, 1.807) is 41.6 Å². The molecule has 0 bridgehead atoms. The van der Waals surface area contributed by atoms with Crippen LogP contribution >= 0.6 is 11.9 Å². The molecule has 0 amide bonds. The molecule has 6 nitrogen and oxygen atoms in total. The van der Waals surface area contributed by atoms with Crippen LogP contribution in [0.3, 0.4) is 0 Å². The lowest BCUT2D eigenvalue weighted by atomic mass is 10.1. The first-order chi connectivity index (χ1) is 20.9. The Morgan fingerprint density at radius 2 is 1.59 bits per heavy atom. The third-order valence-electron chi connectivity index (χ3n) is 7.18. The zero-order valence-corrected chi connectivity index (χ0v) is 28.1. The number of rotatable bonds is 13. The summed E-state index contributed by atoms with van der Waals surface area (Å²) in [5.41, 5.74) is 5.39. The summed E-state index contributed by atoms with van der Waals surface area (Å²) < 4.78 is 31.8. The Balaban J connectivity index is 2.31. The van der Waals surface area contributed by atoms with Gasteiger partial charge in [0.1, 0.15) is 6.54 Å². The normalized spacial score (nSPS) is 12.5. The number of hydrogen-bond acceptors (Lipinski definition) is 5. The Kier molecular flexibility index (Phi) is 11.9. The van der Waals surface area contributed by atoms with E-state index >= 15 is 0 Å². The van der Waals surface area contributed by atoms with Crippen molar-refractivity contribution < 1.29 is 18.3 Å². The third-order valence-corrected chi connectivity index (χ3v) is 10.1. The Morgan fingerprint density at radius 1 is 0.955 bits per heavy atom. The number of carbonyl (C=O) groups is 1. The van der Waals surface area contributed by atoms with Crippen molar-refractivity contribution in [2.45, 2.75) is 57.8 Å². The van der Waals surface area contributed by atoms with Crippen molar-refractivity contribution in [1.29, 1.82) is 0 Å². The van der Waals surface area contributed by atoms with Crippen LogP contribution in [0.5, 0.6) is 0 Å². The van der Waals surface area contributed by atoms with Gasteiger partial charge in [-0.3, -0.25) is 9.10 Å². The minimum atomic E-state index is -4.05. The predicted molar refractivity (Wildman–Crippen MR) is 188 cm³/mol. The van der Waals surface area contributed by atoms with Crippen LogP contribution in [0.2, 0.25) is 0 Å². The number of hydrogen-bond donors (Lipinski definition) is 1. The Morgan fingerprint density at radius 3 is 2.16 bits per heavy atom. The van der Waals surface area contributed by atoms with E-state index in [-0.39, 0.29) is 18.0 Å². The van der Waals surface area contributed by atoms with Gasteiger partial charge in [-0.25, -0.2) is 8.42 Å². The van der Waals surface area contributed by atoms with Crippen molar-refractivity contribution in [1.82, 2.24) is 0 Å². The second-order valence-electron chi connectivity index (χ2n) is 10.4. The number of carboxylic acids is 1. The zero-order valence-electron chi connectivity index (χ0n) is 26.4. The van der Waals surface area contributed by atoms with Gasteiger partial charge >= 0.3 is 5.97 Å². The maximum atomic E-state index is 14.3. The number of benzene rings is 3. The molecule has 8 heteroatoms. The van der Waals surface area contributed by atoms with Crippen molar-refractivity contribution in [2.75, 3.05) is 21.7 Å². The molecule has 0 heterocycles. The molecule has 0 fully saturated rings. The summed E-state index contributed by atoms with van der Waals surface area (Å²) in [5.74, 6) is -0.979. The largest absolute Gasteiger partial charge is 0.480 e. The average molecular weight is 631 g/mol. The minimum absolute atomic E-state index is 0.0698. The molecular formula is C36H42N2O4S2. The molecule has 0 spiro atoms. The number of nitrogens with zero attached hydrogens (tertiary/aromatic N) is 2. The molecular weight excluding hydrogens is 589 g/mol. The van der Waals surface area contributed by atoms with E-state index in [1.807, 2.05) is 70.2 Å². The van der Waals surface area contributed by atoms with Gasteiger partial charge in [-0.15, -0.1) is 0 Å². The fourth-order valence-electron chi connectivity index (χ4n) is 5.20. The number of sulfonamides is 1. The first-order valence-electron chi connectivity index (χ1n) is 14.5. The molecule has 3 rings (SSSR count). The van der Waals surface area contributed by atoms with E-state index in [0.717, 1.165) is 27.7 Å². The van der Waals surface area contributed by atoms with Gasteiger partial charge in [0, 0.05) is 15.3 Å². The first kappa shape index (κ1) is 34.5. The van der Waals surface area contributed by atoms with E-state index in [1.165, 1.54) is 21.8 Å². The standard InChI is InChI=1S/C36H42N2O4S2/c1-9-16-31-27(10-2)18-15-19-34(31)43-37(24-36(39)40)32-21-22-33(30(13-5)29(32)12-4)38(23-25(6)7)44(41,42)35-20-14-17-26(8)28(35)11-3/h9,11-22H,3,6,10,23-24H2,1-2,4-5,7-8H3,(H,39,40)/b16-9-,29-12+,30-13+. The summed E-state index contributed by atoms with van der Waals surface area (Å²) in [6.45, 7) is 19.1. The lowest BCUT2D eigenvalue weighted by Gasteiger charge is -2.29. The lowest BCUT2D eigenvalue weighted by molar-refractivity contribution is -0.135. The molecule has 0 unspecified atom stereocenters. The maximum absolute atomic E-state index is 14.3. The SMILES string of the molecule is C=Cc1c(C)cccc1S(=O)(=O)N(CC(=C)C)c1ccc(N(CC(=O)O)Sc2cccc(CC)c2/C=C\C)c(=C/C)/c1=C\C. The van der Waals surface area contributed by atoms with Gasteiger partial charge in [0.25, 0.3) is 10.0 Å². The number of allylic oxidation sites excluding steroid dienone is 1. The van der Waals surface area contributed by atoms with Gasteiger partial charge in [-0.05, 0) is 99.5 Å². The highest BCUT2D eigenvalue weighted by Crippen LogP contribution is 2.33. The second kappa shape index (κ2) is 15.1. The fraction of sp³-hybridized carbons (Fsp3) is 0.250. The lowest BCUT2D eigenvalue weighted by Crippen LogP contribution is -2.41. The molecule has 0 aliphatic rings. The molecule has 0 radical (unpaired) electrons. The molecule has 0 atom stereocenters. The van der Waals surface area contributed by atoms with E-state index < -0.39 is 16.0 Å². The van der Waals surface area contributed by atoms with E-state index in [4.69, 9.17) is 0 Å². The topological polar surface area (TPSA) is 77.9 Å². The summed E-state index contributed by atoms with van der Waals surface area (Å²) in [7, 11) is -4.05. The van der Waals surface area contributed by atoms with Crippen LogP contribution in [-0.4, -0.2) is 32.6 Å². The second-order valence-corrected chi connectivity index (χ2v) is 13.3. The first-order valence-corrected chi connectivity index (χ1v) is 16.7. The van der Waals surface area contributed by atoms with Crippen LogP contribution in [0.4, 0.5) is 11.4 Å². The summed E-state index contributed by atoms with van der Waals surface area (Å²) in [6, 6.07) is 14.8. The fourth-order valence-corrected chi connectivity index (χ4v) is 8.13. The van der Waals surface area contributed by atoms with Crippen molar-refractivity contribution in [3.8, 4) is 0 Å². The van der Waals surface area contributed by atoms with Crippen molar-refractivity contribution >= 4 is 63.6 Å². The molecule has 0 aliphatic carbocycles. The van der Waals surface area contributed by atoms with E-state index in [9.17, 15) is 18.3 Å². The van der Waals surface area contributed by atoms with Gasteiger partial charge in [0.05, 0.1) is 22.8 Å². The summed E-state index contributed by atoms with van der Waals surface area (Å²) in [4.78, 5) is 13.2. The number of aryl methyl sites for hydroxylation is 2. The number of aliphatic carboxylic acids is 1. The van der Waals surface area contributed by atoms with Crippen LogP contribution < -0.4 is 19.0 Å². The van der Waals surface area contributed by atoms with E-state index in [0.29, 0.717) is 27.7 Å². The van der Waals surface area contributed by atoms with Crippen LogP contribution in [0.25, 0.3) is 24.3 Å². The van der Waals surface area contributed by atoms with Crippen molar-refractivity contribution in [3.05, 3.63) is 106 Å². The Hall–Kier alpha value is -4.01. The molecule has 1 N–H and O–H groups in total. The Labute approximate surface area is 266 Å². The van der Waals surface area contributed by atoms with Gasteiger partial charge in [-0.2, -0.15) is 0 Å². The molecule has 0 saturated heterocycles. The smallest absolute Gasteiger partial charge is 0.324 e. The van der Waals surface area contributed by atoms with Gasteiger partial charge < -0.3 is 9.41 Å². The molecule has 232 valence electrons. The quantitative estimate of drug-likeness (QED) is 0.159. The van der Waals surface area contributed by atoms with Gasteiger partial charge in [0.15, 0.2) is 0 Å². The highest BCUT2D eigenvalue weighted by molar-refractivity contribution is 8.00. The van der Waals surface area contributed by atoms with Crippen LogP contribution in [0.1, 0.15) is 56.9 Å². The average Bonchev–Trinajstić information content (AvgIpc) is 2.99. The van der Waals surface area contributed by atoms with E-state index in [2.05, 4.69) is 26.1 Å². The summed E-state index contributed by atoms with van der Waals surface area (Å²) >= 11 is 1.36. The predicted octanol–water partition coefficient (Wildman–Crippen LogP) is 7.20. The molecule has 3 aromatic carbocycles. The molecule has 0 aliphatic heterocycles. The van der Waals surface area contributed by atoms with Gasteiger partial charge in [0.2, 0.25) is 0 Å². The van der Waals surface area contributed by atoms with Crippen molar-refractivity contribution in [3.63, 3.8) is 0 Å². The molecule has 3 aromatic rings. The maximum Gasteiger partial charge on any atom is 0.324 e. The minimum Gasteiger partial charge on any atom is -0.480 e. The third kappa shape index (κ3) is 7.37. The molecule has 0 saturated carbocycles. The van der Waals surface area contributed by atoms with Crippen molar-refractivity contribution in [2.24, 2.45) is 0 Å². The number of anilines is 2. The Bertz CT molecular complexity index is 1830. The van der Waals surface area contributed by atoms with Crippen LogP contribution in [0.15, 0.2) is 83.1 Å². The molecule has 0 aromatic heterocycles. The highest BCUT2D eigenvalue weighted by atomic mass is 32.2. The molecule has 44 heavy (non-hydrogen) atoms. The summed E-state index contributed by atoms with van der Waals surface area (Å²) in [6.07, 6.45) is 10.2. The van der Waals surface area contributed by atoms with Crippen LogP contribution in [-0.2, 0) is 21.2 Å².